The topological polar surface area (TPSA) is 74.3 Å². The summed E-state index contributed by atoms with van der Waals surface area (Å²) < 4.78 is 16.9. The molecule has 0 bridgehead atoms. The summed E-state index contributed by atoms with van der Waals surface area (Å²) in [5.74, 6) is -1.08. The van der Waals surface area contributed by atoms with E-state index in [-0.39, 0.29) is 0 Å². The number of aliphatic carboxylic acids is 1. The van der Waals surface area contributed by atoms with Crippen molar-refractivity contribution in [1.29, 1.82) is 0 Å². The molecule has 0 N–H and O–H groups in total. The van der Waals surface area contributed by atoms with E-state index in [0.717, 1.165) is 6.92 Å². The van der Waals surface area contributed by atoms with Crippen molar-refractivity contribution in [2.75, 3.05) is 24.6 Å². The summed E-state index contributed by atoms with van der Waals surface area (Å²) in [5.41, 5.74) is 0. The van der Waals surface area contributed by atoms with Crippen LogP contribution in [0.3, 0.4) is 0 Å². The molecule has 0 fully saturated rings. The van der Waals surface area contributed by atoms with E-state index in [9.17, 15) is 0 Å². The molecule has 0 aromatic rings. The van der Waals surface area contributed by atoms with Crippen molar-refractivity contribution in [3.8, 4) is 0 Å². The molecule has 4 nitrogen and oxygen atoms in total. The normalized spacial score (nSPS) is 10.2. The third kappa shape index (κ3) is 24.4. The Morgan fingerprint density at radius 3 is 1.04 bits per heavy atom. The third-order valence-corrected chi connectivity index (χ3v) is 9.00. The maximum absolute atomic E-state index is 8.89. The summed E-state index contributed by atoms with van der Waals surface area (Å²) in [6.07, 6.45) is 17.9. The minimum absolute atomic E-state index is 0.562. The molecule has 0 aromatic carbocycles. The number of hydrogen-bond acceptors (Lipinski definition) is 4. The van der Waals surface area contributed by atoms with Gasteiger partial charge in [0.1, 0.15) is 0 Å². The minimum atomic E-state index is -1.79. The molecule has 0 spiro atoms. The van der Waals surface area contributed by atoms with E-state index in [4.69, 9.17) is 17.0 Å². The van der Waals surface area contributed by atoms with Crippen LogP contribution >= 0.6 is 7.26 Å². The van der Waals surface area contributed by atoms with E-state index < -0.39 is 30.3 Å². The van der Waals surface area contributed by atoms with Crippen LogP contribution in [0.25, 0.3) is 0 Å². The first-order valence-electron chi connectivity index (χ1n) is 9.29. The van der Waals surface area contributed by atoms with Crippen molar-refractivity contribution in [1.82, 2.24) is 0 Å². The second-order valence-electron chi connectivity index (χ2n) is 6.20. The van der Waals surface area contributed by atoms with Crippen LogP contribution in [0.1, 0.15) is 86.0 Å². The first-order valence-corrected chi connectivity index (χ1v) is 13.2. The Morgan fingerprint density at radius 2 is 0.917 bits per heavy atom. The molecule has 0 aromatic heterocycles. The number of rotatable bonds is 12. The maximum atomic E-state index is 8.89. The van der Waals surface area contributed by atoms with Crippen LogP contribution in [-0.4, -0.2) is 30.6 Å². The molecule has 24 heavy (non-hydrogen) atoms. The Labute approximate surface area is 158 Å². The van der Waals surface area contributed by atoms with Gasteiger partial charge in [0.2, 0.25) is 0 Å². The van der Waals surface area contributed by atoms with E-state index in [0.29, 0.717) is 0 Å². The van der Waals surface area contributed by atoms with Crippen LogP contribution in [0.4, 0.5) is 0 Å². The van der Waals surface area contributed by atoms with Gasteiger partial charge in [-0.3, -0.25) is 0 Å². The molecule has 148 valence electrons. The second kappa shape index (κ2) is 23.1. The average molecular weight is 452 g/mol. The fraction of sp³-hybridized carbons (Fsp3) is 0.944. The number of carboxylic acids is 1. The van der Waals surface area contributed by atoms with E-state index in [1.807, 2.05) is 0 Å². The fourth-order valence-corrected chi connectivity index (χ4v) is 7.93. The molecule has 0 atom stereocenters. The standard InChI is InChI=1S/C16H36P.C2H4O2.2O.Ru/c1-5-9-13-17(14-10-6-2,15-11-7-3)16-12-8-4;1-2(3)4;;;/h5-16H2,1-4H3;1H3,(H,3,4);;;/q+1;;;;/p-1. The van der Waals surface area contributed by atoms with Crippen molar-refractivity contribution in [3.05, 3.63) is 0 Å². The SMILES string of the molecule is CC(=O)[O-].CCCC[P+](CCCC)(CCCC)CCCC.[O]=[Ru]=[O]. The molecule has 0 saturated heterocycles. The summed E-state index contributed by atoms with van der Waals surface area (Å²) in [5, 5.41) is 8.89. The van der Waals surface area contributed by atoms with Crippen molar-refractivity contribution >= 4 is 13.2 Å². The predicted octanol–water partition coefficient (Wildman–Crippen LogP) is 4.72. The van der Waals surface area contributed by atoms with E-state index in [2.05, 4.69) is 27.7 Å². The first-order chi connectivity index (χ1) is 11.4. The molecule has 0 rings (SSSR count). The Balaban J connectivity index is -0.000000531. The van der Waals surface area contributed by atoms with Crippen molar-refractivity contribution in [2.24, 2.45) is 0 Å². The van der Waals surface area contributed by atoms with Gasteiger partial charge in [-0.15, -0.1) is 0 Å². The average Bonchev–Trinajstić information content (AvgIpc) is 2.54. The molecule has 0 saturated carbocycles. The molecule has 0 amide bonds. The van der Waals surface area contributed by atoms with Gasteiger partial charge in [-0.1, -0.05) is 53.4 Å². The van der Waals surface area contributed by atoms with E-state index >= 15 is 0 Å². The molecule has 6 heteroatoms. The zero-order valence-corrected chi connectivity index (χ0v) is 19.1. The van der Waals surface area contributed by atoms with Gasteiger partial charge in [0.05, 0.1) is 24.6 Å². The van der Waals surface area contributed by atoms with Gasteiger partial charge in [0, 0.05) is 13.2 Å². The molecule has 0 aliphatic rings. The Hall–Kier alpha value is 0.123. The molecular weight excluding hydrogens is 412 g/mol. The summed E-state index contributed by atoms with van der Waals surface area (Å²) >= 11 is -1.79. The molecule has 0 heterocycles. The van der Waals surface area contributed by atoms with Gasteiger partial charge in [-0.05, 0) is 32.6 Å². The zero-order valence-electron chi connectivity index (χ0n) is 16.4. The number of unbranched alkanes of at least 4 members (excludes halogenated alkanes) is 4. The van der Waals surface area contributed by atoms with Gasteiger partial charge in [0.15, 0.2) is 0 Å². The number of carboxylic acid groups (broad SMARTS) is 1. The molecule has 0 unspecified atom stereocenters. The molecular formula is C18H39O4PRu. The van der Waals surface area contributed by atoms with E-state index in [1.54, 1.807) is 24.6 Å². The van der Waals surface area contributed by atoms with Crippen molar-refractivity contribution in [2.45, 2.75) is 86.0 Å². The van der Waals surface area contributed by atoms with E-state index in [1.165, 1.54) is 51.4 Å². The Kier molecular flexibility index (Phi) is 27.9. The van der Waals surface area contributed by atoms with Gasteiger partial charge >= 0.3 is 24.2 Å². The second-order valence-corrected chi connectivity index (χ2v) is 11.0. The zero-order chi connectivity index (χ0) is 19.3. The summed E-state index contributed by atoms with van der Waals surface area (Å²) in [6, 6.07) is 0. The van der Waals surface area contributed by atoms with Gasteiger partial charge in [-0.2, -0.15) is 0 Å². The number of carbonyl (C=O) groups excluding carboxylic acids is 1. The monoisotopic (exact) mass is 452 g/mol. The molecule has 0 radical (unpaired) electrons. The summed E-state index contributed by atoms with van der Waals surface area (Å²) in [7, 11) is -0.562. The first kappa shape index (κ1) is 28.9. The van der Waals surface area contributed by atoms with Gasteiger partial charge < -0.3 is 9.90 Å². The van der Waals surface area contributed by atoms with Crippen molar-refractivity contribution in [3.63, 3.8) is 0 Å². The summed E-state index contributed by atoms with van der Waals surface area (Å²) in [4.78, 5) is 8.89. The Morgan fingerprint density at radius 1 is 0.750 bits per heavy atom. The number of hydrogen-bond donors (Lipinski definition) is 0. The van der Waals surface area contributed by atoms with Crippen molar-refractivity contribution < 1.29 is 34.1 Å². The van der Waals surface area contributed by atoms with Crippen LogP contribution in [0.5, 0.6) is 0 Å². The quantitative estimate of drug-likeness (QED) is 0.318. The van der Waals surface area contributed by atoms with Crippen LogP contribution in [0.2, 0.25) is 0 Å². The van der Waals surface area contributed by atoms with Crippen LogP contribution in [-0.2, 0) is 29.0 Å². The van der Waals surface area contributed by atoms with Crippen LogP contribution in [0, 0.1) is 0 Å². The number of carbonyl (C=O) groups is 1. The predicted molar refractivity (Wildman–Crippen MR) is 98.1 cm³/mol. The molecule has 0 aliphatic heterocycles. The van der Waals surface area contributed by atoms with Crippen LogP contribution in [0.15, 0.2) is 0 Å². The Bertz CT molecular complexity index is 264. The third-order valence-electron chi connectivity index (χ3n) is 3.94. The molecule has 0 aliphatic carbocycles. The van der Waals surface area contributed by atoms with Crippen LogP contribution < -0.4 is 5.11 Å². The van der Waals surface area contributed by atoms with Gasteiger partial charge in [-0.25, -0.2) is 0 Å². The summed E-state index contributed by atoms with van der Waals surface area (Å²) in [6.45, 7) is 10.4. The fourth-order valence-electron chi connectivity index (χ4n) is 2.64. The van der Waals surface area contributed by atoms with Gasteiger partial charge in [0.25, 0.3) is 0 Å².